The van der Waals surface area contributed by atoms with Gasteiger partial charge >= 0.3 is 0 Å². The maximum absolute atomic E-state index is 6.08. The van der Waals surface area contributed by atoms with Crippen LogP contribution < -0.4 is 10.6 Å². The normalized spacial score (nSPS) is 24.4. The second-order valence-electron chi connectivity index (χ2n) is 4.84. The van der Waals surface area contributed by atoms with Crippen molar-refractivity contribution in [3.8, 4) is 11.6 Å². The first kappa shape index (κ1) is 11.3. The van der Waals surface area contributed by atoms with Crippen molar-refractivity contribution in [3.05, 3.63) is 18.4 Å². The van der Waals surface area contributed by atoms with E-state index in [9.17, 15) is 0 Å². The minimum atomic E-state index is 0.185. The topological polar surface area (TPSA) is 84.0 Å². The van der Waals surface area contributed by atoms with E-state index in [0.29, 0.717) is 23.5 Å². The third-order valence-corrected chi connectivity index (χ3v) is 3.53. The lowest BCUT2D eigenvalue weighted by Crippen LogP contribution is -2.48. The molecule has 1 aliphatic heterocycles. The molecule has 0 aliphatic carbocycles. The Balaban J connectivity index is 1.77. The van der Waals surface area contributed by atoms with Gasteiger partial charge in [-0.15, -0.1) is 5.10 Å². The van der Waals surface area contributed by atoms with Crippen LogP contribution in [0.2, 0.25) is 0 Å². The number of anilines is 1. The number of nitrogens with two attached hydrogens (primary N) is 1. The SMILES string of the molecule is CC1CCN(c2n[nH]c(-c3ccco3)n2)CC1N. The van der Waals surface area contributed by atoms with E-state index in [0.717, 1.165) is 19.5 Å². The molecular formula is C12H17N5O. The lowest BCUT2D eigenvalue weighted by Gasteiger charge is -2.34. The van der Waals surface area contributed by atoms with Gasteiger partial charge in [-0.2, -0.15) is 4.98 Å². The van der Waals surface area contributed by atoms with Crippen molar-refractivity contribution in [2.24, 2.45) is 11.7 Å². The van der Waals surface area contributed by atoms with Crippen LogP contribution in [0.15, 0.2) is 22.8 Å². The molecule has 0 aromatic carbocycles. The van der Waals surface area contributed by atoms with Crippen LogP contribution in [0, 0.1) is 5.92 Å². The fourth-order valence-corrected chi connectivity index (χ4v) is 2.20. The van der Waals surface area contributed by atoms with E-state index in [-0.39, 0.29) is 6.04 Å². The molecule has 2 aromatic heterocycles. The highest BCUT2D eigenvalue weighted by Gasteiger charge is 2.25. The molecule has 2 unspecified atom stereocenters. The predicted octanol–water partition coefficient (Wildman–Crippen LogP) is 1.24. The smallest absolute Gasteiger partial charge is 0.245 e. The van der Waals surface area contributed by atoms with Gasteiger partial charge in [0.05, 0.1) is 6.26 Å². The standard InChI is InChI=1S/C12H17N5O/c1-8-4-5-17(7-9(8)13)12-14-11(15-16-12)10-3-2-6-18-10/h2-3,6,8-9H,4-5,7,13H2,1H3,(H,14,15,16). The van der Waals surface area contributed by atoms with Crippen LogP contribution in [0.3, 0.4) is 0 Å². The van der Waals surface area contributed by atoms with Crippen molar-refractivity contribution in [2.75, 3.05) is 18.0 Å². The zero-order valence-corrected chi connectivity index (χ0v) is 10.3. The largest absolute Gasteiger partial charge is 0.461 e. The van der Waals surface area contributed by atoms with Gasteiger partial charge in [0.15, 0.2) is 11.6 Å². The molecule has 0 bridgehead atoms. The van der Waals surface area contributed by atoms with Crippen molar-refractivity contribution in [2.45, 2.75) is 19.4 Å². The predicted molar refractivity (Wildman–Crippen MR) is 68.1 cm³/mol. The highest BCUT2D eigenvalue weighted by atomic mass is 16.3. The first-order valence-corrected chi connectivity index (χ1v) is 6.21. The minimum Gasteiger partial charge on any atom is -0.461 e. The average Bonchev–Trinajstić information content (AvgIpc) is 3.01. The monoisotopic (exact) mass is 247 g/mol. The zero-order chi connectivity index (χ0) is 12.5. The third-order valence-electron chi connectivity index (χ3n) is 3.53. The van der Waals surface area contributed by atoms with Gasteiger partial charge in [0.25, 0.3) is 0 Å². The molecule has 3 rings (SSSR count). The Morgan fingerprint density at radius 2 is 2.44 bits per heavy atom. The summed E-state index contributed by atoms with van der Waals surface area (Å²) in [6.07, 6.45) is 2.70. The molecule has 1 aliphatic rings. The molecule has 0 saturated carbocycles. The van der Waals surface area contributed by atoms with E-state index in [1.165, 1.54) is 0 Å². The van der Waals surface area contributed by atoms with Crippen LogP contribution in [0.25, 0.3) is 11.6 Å². The second kappa shape index (κ2) is 4.45. The summed E-state index contributed by atoms with van der Waals surface area (Å²) in [7, 11) is 0. The summed E-state index contributed by atoms with van der Waals surface area (Å²) >= 11 is 0. The molecular weight excluding hydrogens is 230 g/mol. The number of nitrogens with zero attached hydrogens (tertiary/aromatic N) is 3. The minimum absolute atomic E-state index is 0.185. The fourth-order valence-electron chi connectivity index (χ4n) is 2.20. The molecule has 0 amide bonds. The Bertz CT molecular complexity index is 506. The summed E-state index contributed by atoms with van der Waals surface area (Å²) < 4.78 is 5.28. The van der Waals surface area contributed by atoms with Crippen LogP contribution in [-0.4, -0.2) is 34.3 Å². The number of aromatic amines is 1. The van der Waals surface area contributed by atoms with Crippen LogP contribution in [0.4, 0.5) is 5.95 Å². The Morgan fingerprint density at radius 3 is 3.17 bits per heavy atom. The summed E-state index contributed by atoms with van der Waals surface area (Å²) in [5.41, 5.74) is 6.08. The molecule has 96 valence electrons. The van der Waals surface area contributed by atoms with Crippen molar-refractivity contribution >= 4 is 5.95 Å². The fraction of sp³-hybridized carbons (Fsp3) is 0.500. The first-order valence-electron chi connectivity index (χ1n) is 6.21. The third kappa shape index (κ3) is 1.99. The van der Waals surface area contributed by atoms with Gasteiger partial charge in [-0.3, -0.25) is 5.10 Å². The summed E-state index contributed by atoms with van der Waals surface area (Å²) in [5, 5.41) is 7.12. The molecule has 1 saturated heterocycles. The number of hydrogen-bond donors (Lipinski definition) is 2. The Labute approximate surface area is 105 Å². The van der Waals surface area contributed by atoms with Gasteiger partial charge in [0.2, 0.25) is 5.95 Å². The maximum Gasteiger partial charge on any atom is 0.245 e. The lowest BCUT2D eigenvalue weighted by molar-refractivity contribution is 0.376. The lowest BCUT2D eigenvalue weighted by atomic mass is 9.95. The van der Waals surface area contributed by atoms with E-state index in [1.54, 1.807) is 6.26 Å². The van der Waals surface area contributed by atoms with Crippen LogP contribution >= 0.6 is 0 Å². The summed E-state index contributed by atoms with van der Waals surface area (Å²) in [5.74, 6) is 2.61. The summed E-state index contributed by atoms with van der Waals surface area (Å²) in [4.78, 5) is 6.56. The zero-order valence-electron chi connectivity index (χ0n) is 10.3. The Hall–Kier alpha value is -1.82. The van der Waals surface area contributed by atoms with Gasteiger partial charge in [-0.25, -0.2) is 0 Å². The second-order valence-corrected chi connectivity index (χ2v) is 4.84. The molecule has 0 spiro atoms. The number of aromatic nitrogens is 3. The molecule has 1 fully saturated rings. The average molecular weight is 247 g/mol. The highest BCUT2D eigenvalue weighted by Crippen LogP contribution is 2.22. The van der Waals surface area contributed by atoms with E-state index in [1.807, 2.05) is 12.1 Å². The van der Waals surface area contributed by atoms with Gasteiger partial charge < -0.3 is 15.1 Å². The number of hydrogen-bond acceptors (Lipinski definition) is 5. The molecule has 2 atom stereocenters. The number of furan rings is 1. The molecule has 2 aromatic rings. The van der Waals surface area contributed by atoms with Crippen LogP contribution in [0.5, 0.6) is 0 Å². The number of H-pyrrole nitrogens is 1. The maximum atomic E-state index is 6.08. The van der Waals surface area contributed by atoms with Gasteiger partial charge in [-0.05, 0) is 24.5 Å². The van der Waals surface area contributed by atoms with Crippen molar-refractivity contribution in [1.82, 2.24) is 15.2 Å². The molecule has 3 N–H and O–H groups in total. The molecule has 6 heteroatoms. The van der Waals surface area contributed by atoms with Gasteiger partial charge in [0.1, 0.15) is 0 Å². The quantitative estimate of drug-likeness (QED) is 0.834. The Morgan fingerprint density at radius 1 is 1.56 bits per heavy atom. The van der Waals surface area contributed by atoms with E-state index in [4.69, 9.17) is 10.2 Å². The number of rotatable bonds is 2. The molecule has 3 heterocycles. The molecule has 0 radical (unpaired) electrons. The van der Waals surface area contributed by atoms with Crippen LogP contribution in [-0.2, 0) is 0 Å². The number of piperidine rings is 1. The van der Waals surface area contributed by atoms with E-state index < -0.39 is 0 Å². The molecule has 6 nitrogen and oxygen atoms in total. The summed E-state index contributed by atoms with van der Waals surface area (Å²) in [6.45, 7) is 3.94. The van der Waals surface area contributed by atoms with Gasteiger partial charge in [-0.1, -0.05) is 6.92 Å². The molecule has 18 heavy (non-hydrogen) atoms. The first-order chi connectivity index (χ1) is 8.74. The number of nitrogens with one attached hydrogen (secondary N) is 1. The van der Waals surface area contributed by atoms with Crippen molar-refractivity contribution < 1.29 is 4.42 Å². The van der Waals surface area contributed by atoms with E-state index >= 15 is 0 Å². The van der Waals surface area contributed by atoms with Gasteiger partial charge in [0, 0.05) is 19.1 Å². The van der Waals surface area contributed by atoms with E-state index in [2.05, 4.69) is 27.0 Å². The van der Waals surface area contributed by atoms with Crippen molar-refractivity contribution in [1.29, 1.82) is 0 Å². The summed E-state index contributed by atoms with van der Waals surface area (Å²) in [6, 6.07) is 3.87. The van der Waals surface area contributed by atoms with Crippen LogP contribution in [0.1, 0.15) is 13.3 Å². The Kier molecular flexibility index (Phi) is 2.79. The highest BCUT2D eigenvalue weighted by molar-refractivity contribution is 5.49. The van der Waals surface area contributed by atoms with Crippen molar-refractivity contribution in [3.63, 3.8) is 0 Å².